The first-order valence-corrected chi connectivity index (χ1v) is 11.0. The van der Waals surface area contributed by atoms with Crippen LogP contribution in [0.3, 0.4) is 0 Å². The number of benzene rings is 2. The van der Waals surface area contributed by atoms with E-state index in [0.717, 1.165) is 17.1 Å². The number of anilines is 1. The van der Waals surface area contributed by atoms with Crippen LogP contribution in [-0.4, -0.2) is 32.6 Å². The predicted molar refractivity (Wildman–Crippen MR) is 127 cm³/mol. The second kappa shape index (κ2) is 11.3. The molecule has 0 spiro atoms. The van der Waals surface area contributed by atoms with Gasteiger partial charge in [-0.1, -0.05) is 59.3 Å². The van der Waals surface area contributed by atoms with Gasteiger partial charge in [0.1, 0.15) is 0 Å². The molecule has 0 radical (unpaired) electrons. The zero-order chi connectivity index (χ0) is 22.1. The number of nitrogens with one attached hydrogen (secondary N) is 2. The van der Waals surface area contributed by atoms with Gasteiger partial charge in [0.25, 0.3) is 5.91 Å². The van der Waals surface area contributed by atoms with E-state index in [1.165, 1.54) is 17.3 Å². The largest absolute Gasteiger partial charge is 0.378 e. The van der Waals surface area contributed by atoms with Crippen molar-refractivity contribution in [1.82, 2.24) is 20.2 Å². The summed E-state index contributed by atoms with van der Waals surface area (Å²) in [7, 11) is 0. The zero-order valence-corrected chi connectivity index (χ0v) is 18.7. The average Bonchev–Trinajstić information content (AvgIpc) is 3.14. The number of amides is 1. The molecule has 7 nitrogen and oxygen atoms in total. The maximum Gasteiger partial charge on any atom is 0.250 e. The highest BCUT2D eigenvalue weighted by atomic mass is 35.5. The van der Waals surface area contributed by atoms with Crippen molar-refractivity contribution in [2.75, 3.05) is 11.1 Å². The van der Waals surface area contributed by atoms with Gasteiger partial charge in [-0.25, -0.2) is 5.43 Å². The molecule has 1 amide bonds. The van der Waals surface area contributed by atoms with Gasteiger partial charge in [-0.2, -0.15) is 5.10 Å². The lowest BCUT2D eigenvalue weighted by atomic mass is 10.2. The van der Waals surface area contributed by atoms with Crippen LogP contribution in [0.4, 0.5) is 5.69 Å². The molecule has 1 heterocycles. The molecule has 160 valence electrons. The molecule has 0 atom stereocenters. The standard InChI is InChI=1S/C22H23ClN6OS/c1-3-11-29-20(14-24-19-9-7-16(2)8-10-19)26-28-22(29)31-15-21(30)27-25-13-17-5-4-6-18(23)12-17/h3-10,12-13,24H,1,11,14-15H2,2H3,(H,27,30)/b25-13+. The minimum absolute atomic E-state index is 0.160. The number of carbonyl (C=O) groups is 1. The van der Waals surface area contributed by atoms with Crippen molar-refractivity contribution in [2.24, 2.45) is 5.10 Å². The Hall–Kier alpha value is -3.10. The van der Waals surface area contributed by atoms with E-state index in [4.69, 9.17) is 11.6 Å². The van der Waals surface area contributed by atoms with E-state index >= 15 is 0 Å². The summed E-state index contributed by atoms with van der Waals surface area (Å²) >= 11 is 7.23. The first-order chi connectivity index (χ1) is 15.0. The van der Waals surface area contributed by atoms with E-state index in [-0.39, 0.29) is 11.7 Å². The van der Waals surface area contributed by atoms with Crippen LogP contribution in [0.2, 0.25) is 5.02 Å². The Balaban J connectivity index is 1.54. The number of hydrogen-bond acceptors (Lipinski definition) is 6. The minimum Gasteiger partial charge on any atom is -0.378 e. The van der Waals surface area contributed by atoms with Gasteiger partial charge in [-0.15, -0.1) is 16.8 Å². The number of rotatable bonds is 10. The SMILES string of the molecule is C=CCn1c(CNc2ccc(C)cc2)nnc1SCC(=O)N/N=C/c1cccc(Cl)c1. The van der Waals surface area contributed by atoms with E-state index in [1.807, 2.05) is 47.9 Å². The Morgan fingerprint density at radius 1 is 1.26 bits per heavy atom. The van der Waals surface area contributed by atoms with Gasteiger partial charge >= 0.3 is 0 Å². The van der Waals surface area contributed by atoms with Crippen molar-refractivity contribution in [2.45, 2.75) is 25.2 Å². The monoisotopic (exact) mass is 454 g/mol. The number of aromatic nitrogens is 3. The van der Waals surface area contributed by atoms with E-state index in [9.17, 15) is 4.79 Å². The lowest BCUT2D eigenvalue weighted by molar-refractivity contribution is -0.118. The summed E-state index contributed by atoms with van der Waals surface area (Å²) in [6.07, 6.45) is 3.32. The van der Waals surface area contributed by atoms with Crippen LogP contribution in [0.5, 0.6) is 0 Å². The quantitative estimate of drug-likeness (QED) is 0.207. The Bertz CT molecular complexity index is 1060. The molecule has 31 heavy (non-hydrogen) atoms. The highest BCUT2D eigenvalue weighted by molar-refractivity contribution is 7.99. The molecule has 0 aliphatic carbocycles. The Morgan fingerprint density at radius 3 is 2.81 bits per heavy atom. The number of hydrogen-bond donors (Lipinski definition) is 2. The molecule has 9 heteroatoms. The van der Waals surface area contributed by atoms with Gasteiger partial charge in [0.2, 0.25) is 0 Å². The molecule has 0 aliphatic rings. The summed E-state index contributed by atoms with van der Waals surface area (Å²) in [6, 6.07) is 15.3. The zero-order valence-electron chi connectivity index (χ0n) is 17.1. The van der Waals surface area contributed by atoms with Crippen molar-refractivity contribution < 1.29 is 4.79 Å². The summed E-state index contributed by atoms with van der Waals surface area (Å²) in [4.78, 5) is 12.1. The number of thioether (sulfide) groups is 1. The molecule has 3 rings (SSSR count). The van der Waals surface area contributed by atoms with Crippen LogP contribution in [0.25, 0.3) is 0 Å². The fraction of sp³-hybridized carbons (Fsp3) is 0.182. The van der Waals surface area contributed by atoms with E-state index in [0.29, 0.717) is 23.3 Å². The van der Waals surface area contributed by atoms with Crippen LogP contribution in [0.1, 0.15) is 17.0 Å². The molecule has 0 saturated carbocycles. The molecule has 0 fully saturated rings. The van der Waals surface area contributed by atoms with Gasteiger partial charge < -0.3 is 9.88 Å². The van der Waals surface area contributed by atoms with Gasteiger partial charge in [0, 0.05) is 17.3 Å². The van der Waals surface area contributed by atoms with Gasteiger partial charge in [0.05, 0.1) is 18.5 Å². The average molecular weight is 455 g/mol. The Morgan fingerprint density at radius 2 is 2.06 bits per heavy atom. The summed E-state index contributed by atoms with van der Waals surface area (Å²) in [5, 5.41) is 17.0. The van der Waals surface area contributed by atoms with Crippen molar-refractivity contribution in [3.8, 4) is 0 Å². The van der Waals surface area contributed by atoms with Crippen LogP contribution in [0, 0.1) is 6.92 Å². The van der Waals surface area contributed by atoms with Crippen LogP contribution in [0.15, 0.2) is 71.4 Å². The third-order valence-electron chi connectivity index (χ3n) is 4.19. The Labute approximate surface area is 190 Å². The van der Waals surface area contributed by atoms with E-state index < -0.39 is 0 Å². The summed E-state index contributed by atoms with van der Waals surface area (Å²) in [5.41, 5.74) is 5.52. The predicted octanol–water partition coefficient (Wildman–Crippen LogP) is 4.28. The first-order valence-electron chi connectivity index (χ1n) is 9.59. The normalized spacial score (nSPS) is 10.9. The number of aryl methyl sites for hydroxylation is 1. The Kier molecular flexibility index (Phi) is 8.26. The minimum atomic E-state index is -0.240. The first kappa shape index (κ1) is 22.6. The van der Waals surface area contributed by atoms with Crippen molar-refractivity contribution >= 4 is 41.2 Å². The van der Waals surface area contributed by atoms with Crippen LogP contribution in [-0.2, 0) is 17.9 Å². The lowest BCUT2D eigenvalue weighted by Gasteiger charge is -2.09. The maximum absolute atomic E-state index is 12.1. The summed E-state index contributed by atoms with van der Waals surface area (Å²) in [6.45, 7) is 6.92. The number of carbonyl (C=O) groups excluding carboxylic acids is 1. The fourth-order valence-corrected chi connectivity index (χ4v) is 3.61. The number of hydrazone groups is 1. The molecule has 1 aromatic heterocycles. The molecule has 2 N–H and O–H groups in total. The third-order valence-corrected chi connectivity index (χ3v) is 5.39. The van der Waals surface area contributed by atoms with Crippen molar-refractivity contribution in [1.29, 1.82) is 0 Å². The maximum atomic E-state index is 12.1. The molecular weight excluding hydrogens is 432 g/mol. The van der Waals surface area contributed by atoms with E-state index in [1.54, 1.807) is 24.4 Å². The van der Waals surface area contributed by atoms with Gasteiger partial charge in [-0.3, -0.25) is 4.79 Å². The second-order valence-electron chi connectivity index (χ2n) is 6.65. The lowest BCUT2D eigenvalue weighted by Crippen LogP contribution is -2.20. The molecular formula is C22H23ClN6OS. The fourth-order valence-electron chi connectivity index (χ4n) is 2.65. The van der Waals surface area contributed by atoms with Crippen LogP contribution < -0.4 is 10.7 Å². The smallest absolute Gasteiger partial charge is 0.250 e. The van der Waals surface area contributed by atoms with Gasteiger partial charge in [-0.05, 0) is 36.8 Å². The number of nitrogens with zero attached hydrogens (tertiary/aromatic N) is 4. The number of allylic oxidation sites excluding steroid dienone is 1. The third kappa shape index (κ3) is 6.97. The highest BCUT2D eigenvalue weighted by Gasteiger charge is 2.13. The summed E-state index contributed by atoms with van der Waals surface area (Å²) in [5.74, 6) is 0.686. The van der Waals surface area contributed by atoms with Gasteiger partial charge in [0.15, 0.2) is 11.0 Å². The van der Waals surface area contributed by atoms with Crippen molar-refractivity contribution in [3.63, 3.8) is 0 Å². The second-order valence-corrected chi connectivity index (χ2v) is 8.03. The summed E-state index contributed by atoms with van der Waals surface area (Å²) < 4.78 is 1.93. The van der Waals surface area contributed by atoms with Crippen molar-refractivity contribution in [3.05, 3.63) is 83.2 Å². The molecule has 0 unspecified atom stereocenters. The molecule has 3 aromatic rings. The van der Waals surface area contributed by atoms with E-state index in [2.05, 4.69) is 32.6 Å². The molecule has 0 aliphatic heterocycles. The highest BCUT2D eigenvalue weighted by Crippen LogP contribution is 2.18. The molecule has 0 bridgehead atoms. The molecule has 0 saturated heterocycles. The topological polar surface area (TPSA) is 84.2 Å². The number of halogens is 1. The van der Waals surface area contributed by atoms with Crippen LogP contribution >= 0.6 is 23.4 Å². The molecule has 2 aromatic carbocycles.